The molecule has 0 amide bonds. The van der Waals surface area contributed by atoms with E-state index in [1.165, 1.54) is 23.2 Å². The van der Waals surface area contributed by atoms with E-state index in [1.54, 1.807) is 0 Å². The Labute approximate surface area is 192 Å². The lowest BCUT2D eigenvalue weighted by atomic mass is 10.0. The lowest BCUT2D eigenvalue weighted by Gasteiger charge is -2.02. The van der Waals surface area contributed by atoms with Gasteiger partial charge in [-0.15, -0.1) is 0 Å². The molecule has 2 nitrogen and oxygen atoms in total. The summed E-state index contributed by atoms with van der Waals surface area (Å²) in [5.74, 6) is 2.21. The molecule has 0 atom stereocenters. The Balaban J connectivity index is 0.000000429. The minimum Gasteiger partial charge on any atom is -0.265 e. The molecule has 2 aromatic heterocycles. The quantitative estimate of drug-likeness (QED) is 0.403. The first-order valence-electron chi connectivity index (χ1n) is 11.2. The van der Waals surface area contributed by atoms with Crippen LogP contribution in [0.3, 0.4) is 0 Å². The van der Waals surface area contributed by atoms with Gasteiger partial charge in [-0.1, -0.05) is 85.4 Å². The minimum atomic E-state index is 0. The third kappa shape index (κ3) is 16.0. The van der Waals surface area contributed by atoms with Crippen LogP contribution in [-0.2, 0) is 19.3 Å². The standard InChI is InChI=1S/C10H14.2C9H13N.CH4/c1-9(2)8-10-6-4-3-5-7-10;1-8(2)7-9-3-5-10-6-4-9;1-8(2)7-9-5-3-4-6-10-9;/h3-7,9H,8H2,1-2H3;2*3-6,8H,7H2,1-2H3;1H4. The fourth-order valence-corrected chi connectivity index (χ4v) is 3.01. The van der Waals surface area contributed by atoms with E-state index < -0.39 is 0 Å². The van der Waals surface area contributed by atoms with Crippen molar-refractivity contribution >= 4 is 0 Å². The van der Waals surface area contributed by atoms with Crippen molar-refractivity contribution in [3.63, 3.8) is 0 Å². The van der Waals surface area contributed by atoms with Crippen molar-refractivity contribution in [2.75, 3.05) is 0 Å². The second-order valence-corrected chi connectivity index (χ2v) is 8.96. The van der Waals surface area contributed by atoms with Crippen LogP contribution in [-0.4, -0.2) is 9.97 Å². The van der Waals surface area contributed by atoms with Gasteiger partial charge < -0.3 is 0 Å². The molecule has 0 spiro atoms. The molecule has 2 heteroatoms. The van der Waals surface area contributed by atoms with Gasteiger partial charge in [-0.25, -0.2) is 0 Å². The topological polar surface area (TPSA) is 25.8 Å². The summed E-state index contributed by atoms with van der Waals surface area (Å²) < 4.78 is 0. The van der Waals surface area contributed by atoms with E-state index in [0.29, 0.717) is 5.92 Å². The van der Waals surface area contributed by atoms with E-state index in [0.717, 1.165) is 24.7 Å². The first-order valence-corrected chi connectivity index (χ1v) is 11.2. The third-order valence-electron chi connectivity index (χ3n) is 4.22. The van der Waals surface area contributed by atoms with Crippen LogP contribution in [0.2, 0.25) is 0 Å². The molecule has 3 aromatic rings. The van der Waals surface area contributed by atoms with Gasteiger partial charge in [-0.3, -0.25) is 9.97 Å². The Morgan fingerprint density at radius 2 is 1.03 bits per heavy atom. The second-order valence-electron chi connectivity index (χ2n) is 8.96. The molecule has 3 rings (SSSR count). The molecule has 2 heterocycles. The Morgan fingerprint density at radius 3 is 1.48 bits per heavy atom. The lowest BCUT2D eigenvalue weighted by molar-refractivity contribution is 0.635. The normalized spacial score (nSPS) is 9.97. The number of hydrogen-bond donors (Lipinski definition) is 0. The highest BCUT2D eigenvalue weighted by molar-refractivity contribution is 5.14. The number of hydrogen-bond acceptors (Lipinski definition) is 2. The van der Waals surface area contributed by atoms with Crippen LogP contribution >= 0.6 is 0 Å². The fourth-order valence-electron chi connectivity index (χ4n) is 3.01. The number of benzene rings is 1. The fraction of sp³-hybridized carbons (Fsp3) is 0.448. The van der Waals surface area contributed by atoms with Crippen molar-refractivity contribution in [1.29, 1.82) is 0 Å². The SMILES string of the molecule is C.CC(C)Cc1ccccc1.CC(C)Cc1ccccn1.CC(C)Cc1ccncc1. The largest absolute Gasteiger partial charge is 0.265 e. The molecule has 0 aliphatic carbocycles. The van der Waals surface area contributed by atoms with Crippen LogP contribution in [0.5, 0.6) is 0 Å². The molecule has 0 bridgehead atoms. The van der Waals surface area contributed by atoms with Crippen LogP contribution in [0.1, 0.15) is 65.8 Å². The van der Waals surface area contributed by atoms with Gasteiger partial charge in [0, 0.05) is 24.3 Å². The maximum absolute atomic E-state index is 4.22. The molecule has 1 aromatic carbocycles. The Morgan fingerprint density at radius 1 is 0.548 bits per heavy atom. The zero-order valence-electron chi connectivity index (χ0n) is 19.8. The second kappa shape index (κ2) is 17.2. The molecule has 0 saturated carbocycles. The first-order chi connectivity index (χ1) is 14.4. The minimum absolute atomic E-state index is 0. The molecule has 31 heavy (non-hydrogen) atoms. The van der Waals surface area contributed by atoms with Crippen LogP contribution in [0.25, 0.3) is 0 Å². The van der Waals surface area contributed by atoms with Crippen molar-refractivity contribution in [2.24, 2.45) is 17.8 Å². The average Bonchev–Trinajstić information content (AvgIpc) is 2.70. The summed E-state index contributed by atoms with van der Waals surface area (Å²) in [6.07, 6.45) is 8.97. The first kappa shape index (κ1) is 28.5. The van der Waals surface area contributed by atoms with E-state index in [2.05, 4.69) is 100 Å². The van der Waals surface area contributed by atoms with Gasteiger partial charge in [-0.2, -0.15) is 0 Å². The smallest absolute Gasteiger partial charge is 0.0406 e. The number of aromatic nitrogens is 2. The van der Waals surface area contributed by atoms with E-state index in [1.807, 2.05) is 30.7 Å². The number of pyridine rings is 2. The highest BCUT2D eigenvalue weighted by Crippen LogP contribution is 2.06. The molecule has 0 N–H and O–H groups in total. The average molecular weight is 421 g/mol. The van der Waals surface area contributed by atoms with Crippen molar-refractivity contribution in [3.05, 3.63) is 96.1 Å². The van der Waals surface area contributed by atoms with E-state index in [9.17, 15) is 0 Å². The summed E-state index contributed by atoms with van der Waals surface area (Å²) in [7, 11) is 0. The summed E-state index contributed by atoms with van der Waals surface area (Å²) in [4.78, 5) is 8.17. The van der Waals surface area contributed by atoms with Crippen LogP contribution in [0.4, 0.5) is 0 Å². The van der Waals surface area contributed by atoms with Gasteiger partial charge in [0.25, 0.3) is 0 Å². The van der Waals surface area contributed by atoms with Gasteiger partial charge in [-0.05, 0) is 72.4 Å². The predicted octanol–water partition coefficient (Wildman–Crippen LogP) is 8.08. The molecule has 170 valence electrons. The van der Waals surface area contributed by atoms with E-state index >= 15 is 0 Å². The van der Waals surface area contributed by atoms with Gasteiger partial charge in [0.05, 0.1) is 0 Å². The van der Waals surface area contributed by atoms with Crippen molar-refractivity contribution in [1.82, 2.24) is 9.97 Å². The predicted molar refractivity (Wildman–Crippen MR) is 137 cm³/mol. The van der Waals surface area contributed by atoms with Gasteiger partial charge in [0.2, 0.25) is 0 Å². The molecule has 0 saturated heterocycles. The molecular formula is C29H44N2. The zero-order chi connectivity index (χ0) is 22.2. The summed E-state index contributed by atoms with van der Waals surface area (Å²) in [6.45, 7) is 13.3. The monoisotopic (exact) mass is 420 g/mol. The van der Waals surface area contributed by atoms with Crippen LogP contribution < -0.4 is 0 Å². The molecular weight excluding hydrogens is 376 g/mol. The van der Waals surface area contributed by atoms with Crippen molar-refractivity contribution in [2.45, 2.75) is 68.2 Å². The third-order valence-corrected chi connectivity index (χ3v) is 4.22. The molecule has 0 aliphatic rings. The lowest BCUT2D eigenvalue weighted by Crippen LogP contribution is -1.95. The highest BCUT2D eigenvalue weighted by atomic mass is 14.7. The van der Waals surface area contributed by atoms with Gasteiger partial charge in [0.1, 0.15) is 0 Å². The van der Waals surface area contributed by atoms with Crippen molar-refractivity contribution < 1.29 is 0 Å². The Bertz CT molecular complexity index is 642. The highest BCUT2D eigenvalue weighted by Gasteiger charge is 1.96. The van der Waals surface area contributed by atoms with Crippen molar-refractivity contribution in [3.8, 4) is 0 Å². The van der Waals surface area contributed by atoms with Crippen LogP contribution in [0.15, 0.2) is 79.3 Å². The maximum Gasteiger partial charge on any atom is 0.0406 e. The zero-order valence-corrected chi connectivity index (χ0v) is 19.8. The number of rotatable bonds is 6. The Hall–Kier alpha value is -2.48. The van der Waals surface area contributed by atoms with Gasteiger partial charge >= 0.3 is 0 Å². The molecule has 0 radical (unpaired) electrons. The van der Waals surface area contributed by atoms with E-state index in [-0.39, 0.29) is 7.43 Å². The summed E-state index contributed by atoms with van der Waals surface area (Å²) in [5, 5.41) is 0. The molecule has 0 unspecified atom stereocenters. The summed E-state index contributed by atoms with van der Waals surface area (Å²) in [5.41, 5.74) is 4.01. The molecule has 0 fully saturated rings. The summed E-state index contributed by atoms with van der Waals surface area (Å²) >= 11 is 0. The molecule has 0 aliphatic heterocycles. The number of nitrogens with zero attached hydrogens (tertiary/aromatic N) is 2. The maximum atomic E-state index is 4.22. The van der Waals surface area contributed by atoms with Crippen LogP contribution in [0, 0.1) is 17.8 Å². The van der Waals surface area contributed by atoms with E-state index in [4.69, 9.17) is 0 Å². The Kier molecular flexibility index (Phi) is 15.8. The van der Waals surface area contributed by atoms with Gasteiger partial charge in [0.15, 0.2) is 0 Å². The summed E-state index contributed by atoms with van der Waals surface area (Å²) in [6, 6.07) is 20.8.